The van der Waals surface area contributed by atoms with Crippen molar-refractivity contribution in [3.05, 3.63) is 22.6 Å². The third-order valence-corrected chi connectivity index (χ3v) is 4.81. The second kappa shape index (κ2) is 5.29. The van der Waals surface area contributed by atoms with E-state index >= 15 is 0 Å². The van der Waals surface area contributed by atoms with Crippen LogP contribution in [-0.4, -0.2) is 47.9 Å². The number of nitrogens with zero attached hydrogens (tertiary/aromatic N) is 2. The van der Waals surface area contributed by atoms with E-state index in [0.29, 0.717) is 22.3 Å². The van der Waals surface area contributed by atoms with Gasteiger partial charge in [-0.2, -0.15) is 0 Å². The summed E-state index contributed by atoms with van der Waals surface area (Å²) in [5.74, 6) is 0.109. The molecule has 0 aliphatic carbocycles. The molecule has 1 aromatic heterocycles. The first kappa shape index (κ1) is 13.2. The molecule has 0 unspecified atom stereocenters. The predicted octanol–water partition coefficient (Wildman–Crippen LogP) is 2.74. The van der Waals surface area contributed by atoms with Crippen molar-refractivity contribution in [3.8, 4) is 0 Å². The Hall–Kier alpha value is -0.810. The van der Waals surface area contributed by atoms with Crippen molar-refractivity contribution in [2.75, 3.05) is 20.1 Å². The van der Waals surface area contributed by atoms with E-state index in [1.54, 1.807) is 12.3 Å². The average molecular weight is 327 g/mol. The molecule has 2 aliphatic rings. The lowest BCUT2D eigenvalue weighted by atomic mass is 10.0. The van der Waals surface area contributed by atoms with Crippen molar-refractivity contribution in [2.45, 2.75) is 37.8 Å². The second-order valence-corrected chi connectivity index (χ2v) is 6.32. The van der Waals surface area contributed by atoms with E-state index in [-0.39, 0.29) is 5.91 Å². The van der Waals surface area contributed by atoms with Crippen LogP contribution in [0.3, 0.4) is 0 Å². The van der Waals surface area contributed by atoms with Gasteiger partial charge in [-0.3, -0.25) is 4.79 Å². The lowest BCUT2D eigenvalue weighted by Gasteiger charge is -2.33. The maximum Gasteiger partial charge on any atom is 0.257 e. The van der Waals surface area contributed by atoms with Crippen molar-refractivity contribution in [1.82, 2.24) is 9.80 Å². The van der Waals surface area contributed by atoms with Gasteiger partial charge in [0.1, 0.15) is 6.26 Å². The number of carbonyl (C=O) groups excluding carboxylic acids is 1. The average Bonchev–Trinajstić information content (AvgIpc) is 3.07. The fourth-order valence-corrected chi connectivity index (χ4v) is 3.79. The summed E-state index contributed by atoms with van der Waals surface area (Å²) in [5, 5.41) is 0. The van der Waals surface area contributed by atoms with Crippen LogP contribution in [0.4, 0.5) is 0 Å². The summed E-state index contributed by atoms with van der Waals surface area (Å²) in [6, 6.07) is 2.66. The molecule has 3 heterocycles. The normalized spacial score (nSPS) is 28.2. The van der Waals surface area contributed by atoms with E-state index in [9.17, 15) is 4.79 Å². The van der Waals surface area contributed by atoms with Crippen molar-refractivity contribution in [1.29, 1.82) is 0 Å². The molecule has 2 atom stereocenters. The first-order chi connectivity index (χ1) is 9.16. The Morgan fingerprint density at radius 1 is 1.32 bits per heavy atom. The Kier molecular flexibility index (Phi) is 3.67. The number of amides is 1. The van der Waals surface area contributed by atoms with Gasteiger partial charge in [0.05, 0.1) is 5.56 Å². The van der Waals surface area contributed by atoms with Crippen molar-refractivity contribution in [2.24, 2.45) is 0 Å². The first-order valence-electron chi connectivity index (χ1n) is 6.92. The molecule has 0 spiro atoms. The maximum absolute atomic E-state index is 12.6. The highest BCUT2D eigenvalue weighted by Crippen LogP contribution is 2.30. The van der Waals surface area contributed by atoms with Crippen LogP contribution in [0.15, 0.2) is 21.4 Å². The number of halogens is 1. The van der Waals surface area contributed by atoms with Crippen molar-refractivity contribution < 1.29 is 9.21 Å². The van der Waals surface area contributed by atoms with Crippen LogP contribution >= 0.6 is 15.9 Å². The molecule has 0 bridgehead atoms. The molecule has 0 aromatic carbocycles. The standard InChI is InChI=1S/C14H19BrN2O2/c1-16-6-2-4-11(16)12-5-3-7-17(12)14(18)10-8-13(15)19-9-10/h8-9,11-12H,2-7H2,1H3/t11-,12-/m0/s1. The Morgan fingerprint density at radius 2 is 2.05 bits per heavy atom. The smallest absolute Gasteiger partial charge is 0.257 e. The van der Waals surface area contributed by atoms with Crippen molar-refractivity contribution in [3.63, 3.8) is 0 Å². The quantitative estimate of drug-likeness (QED) is 0.838. The Balaban J connectivity index is 1.77. The molecule has 4 nitrogen and oxygen atoms in total. The molecule has 0 N–H and O–H groups in total. The van der Waals surface area contributed by atoms with Gasteiger partial charge in [-0.25, -0.2) is 0 Å². The molecule has 2 saturated heterocycles. The van der Waals surface area contributed by atoms with Gasteiger partial charge in [-0.1, -0.05) is 0 Å². The van der Waals surface area contributed by atoms with Gasteiger partial charge in [-0.05, 0) is 55.2 Å². The Morgan fingerprint density at radius 3 is 2.68 bits per heavy atom. The minimum absolute atomic E-state index is 0.109. The van der Waals surface area contributed by atoms with Gasteiger partial charge in [0, 0.05) is 24.7 Å². The maximum atomic E-state index is 12.6. The van der Waals surface area contributed by atoms with E-state index in [1.165, 1.54) is 12.8 Å². The highest BCUT2D eigenvalue weighted by atomic mass is 79.9. The number of likely N-dealkylation sites (tertiary alicyclic amines) is 2. The molecule has 0 radical (unpaired) electrons. The zero-order valence-corrected chi connectivity index (χ0v) is 12.7. The highest BCUT2D eigenvalue weighted by molar-refractivity contribution is 9.10. The first-order valence-corrected chi connectivity index (χ1v) is 7.71. The summed E-state index contributed by atoms with van der Waals surface area (Å²) in [4.78, 5) is 17.0. The molecule has 2 aliphatic heterocycles. The van der Waals surface area contributed by atoms with Gasteiger partial charge in [-0.15, -0.1) is 0 Å². The lowest BCUT2D eigenvalue weighted by Crippen LogP contribution is -2.47. The molecule has 19 heavy (non-hydrogen) atoms. The molecule has 5 heteroatoms. The highest BCUT2D eigenvalue weighted by Gasteiger charge is 2.38. The number of hydrogen-bond donors (Lipinski definition) is 0. The minimum Gasteiger partial charge on any atom is -0.457 e. The van der Waals surface area contributed by atoms with Gasteiger partial charge in [0.25, 0.3) is 5.91 Å². The lowest BCUT2D eigenvalue weighted by molar-refractivity contribution is 0.0664. The molecule has 1 aromatic rings. The summed E-state index contributed by atoms with van der Waals surface area (Å²) in [6.45, 7) is 2.02. The Bertz CT molecular complexity index is 474. The summed E-state index contributed by atoms with van der Waals surface area (Å²) < 4.78 is 5.80. The number of likely N-dealkylation sites (N-methyl/N-ethyl adjacent to an activating group) is 1. The monoisotopic (exact) mass is 326 g/mol. The fourth-order valence-electron chi connectivity index (χ4n) is 3.45. The zero-order valence-electron chi connectivity index (χ0n) is 11.1. The topological polar surface area (TPSA) is 36.7 Å². The third kappa shape index (κ3) is 2.46. The zero-order chi connectivity index (χ0) is 13.4. The molecule has 3 rings (SSSR count). The minimum atomic E-state index is 0.109. The molecule has 104 valence electrons. The predicted molar refractivity (Wildman–Crippen MR) is 76.1 cm³/mol. The summed E-state index contributed by atoms with van der Waals surface area (Å²) in [5.41, 5.74) is 0.652. The van der Waals surface area contributed by atoms with Crippen LogP contribution in [0.5, 0.6) is 0 Å². The number of carbonyl (C=O) groups is 1. The van der Waals surface area contributed by atoms with Gasteiger partial charge in [0.2, 0.25) is 0 Å². The van der Waals surface area contributed by atoms with E-state index in [0.717, 1.165) is 25.9 Å². The largest absolute Gasteiger partial charge is 0.457 e. The van der Waals surface area contributed by atoms with Crippen LogP contribution in [0.1, 0.15) is 36.0 Å². The molecular weight excluding hydrogens is 308 g/mol. The summed E-state index contributed by atoms with van der Waals surface area (Å²) in [6.07, 6.45) is 6.23. The van der Waals surface area contributed by atoms with Crippen LogP contribution in [0, 0.1) is 0 Å². The Labute approximate surface area is 121 Å². The number of furan rings is 1. The van der Waals surface area contributed by atoms with Crippen LogP contribution in [0.25, 0.3) is 0 Å². The third-order valence-electron chi connectivity index (χ3n) is 4.40. The van der Waals surface area contributed by atoms with Gasteiger partial charge in [0.15, 0.2) is 4.67 Å². The fraction of sp³-hybridized carbons (Fsp3) is 0.643. The summed E-state index contributed by atoms with van der Waals surface area (Å²) >= 11 is 3.25. The van der Waals surface area contributed by atoms with Crippen molar-refractivity contribution >= 4 is 21.8 Å². The molecule has 0 saturated carbocycles. The number of rotatable bonds is 2. The van der Waals surface area contributed by atoms with Gasteiger partial charge >= 0.3 is 0 Å². The van der Waals surface area contributed by atoms with Gasteiger partial charge < -0.3 is 14.2 Å². The molecule has 2 fully saturated rings. The van der Waals surface area contributed by atoms with Crippen LogP contribution < -0.4 is 0 Å². The van der Waals surface area contributed by atoms with E-state index < -0.39 is 0 Å². The van der Waals surface area contributed by atoms with Crippen LogP contribution in [-0.2, 0) is 0 Å². The van der Waals surface area contributed by atoms with E-state index in [1.807, 2.05) is 4.90 Å². The van der Waals surface area contributed by atoms with E-state index in [2.05, 4.69) is 27.9 Å². The number of hydrogen-bond acceptors (Lipinski definition) is 3. The molecule has 1 amide bonds. The SMILES string of the molecule is CN1CCC[C@H]1[C@@H]1CCCN1C(=O)c1coc(Br)c1. The van der Waals surface area contributed by atoms with E-state index in [4.69, 9.17) is 4.42 Å². The van der Waals surface area contributed by atoms with Crippen LogP contribution in [0.2, 0.25) is 0 Å². The molecular formula is C14H19BrN2O2. The summed E-state index contributed by atoms with van der Waals surface area (Å²) in [7, 11) is 2.17. The second-order valence-electron chi connectivity index (χ2n) is 5.54.